The highest BCUT2D eigenvalue weighted by molar-refractivity contribution is 6.33. The van der Waals surface area contributed by atoms with Gasteiger partial charge in [0.25, 0.3) is 11.2 Å². The van der Waals surface area contributed by atoms with E-state index >= 15 is 0 Å². The van der Waals surface area contributed by atoms with Crippen LogP contribution in [-0.4, -0.2) is 40.5 Å². The molecule has 1 unspecified atom stereocenters. The SMILES string of the molecule is Cc1cc(C)cc(-c2c(OCCC3(C)CCCCN3C)c3cc([N+](=O)[O-])c(Cl)cc3[nH]c2=O)c1. The first kappa shape index (κ1) is 24.2. The Hall–Kier alpha value is -2.90. The Morgan fingerprint density at radius 2 is 1.88 bits per heavy atom. The highest BCUT2D eigenvalue weighted by atomic mass is 35.5. The summed E-state index contributed by atoms with van der Waals surface area (Å²) in [5.41, 5.74) is 2.98. The Morgan fingerprint density at radius 3 is 2.53 bits per heavy atom. The summed E-state index contributed by atoms with van der Waals surface area (Å²) in [6.45, 7) is 7.60. The van der Waals surface area contributed by atoms with E-state index in [0.717, 1.165) is 30.5 Å². The standard InChI is InChI=1S/C26H30ClN3O4/c1-16-11-17(2)13-18(12-16)23-24(34-10-8-26(3)7-5-6-9-29(26)4)19-14-22(30(32)33)20(27)15-21(19)28-25(23)31/h11-15H,5-10H2,1-4H3,(H,28,31). The summed E-state index contributed by atoms with van der Waals surface area (Å²) >= 11 is 6.13. The third-order valence-electron chi connectivity index (χ3n) is 7.01. The van der Waals surface area contributed by atoms with Crippen LogP contribution in [0.1, 0.15) is 43.7 Å². The smallest absolute Gasteiger partial charge is 0.288 e. The van der Waals surface area contributed by atoms with Crippen LogP contribution in [0.15, 0.2) is 35.1 Å². The number of H-pyrrole nitrogens is 1. The van der Waals surface area contributed by atoms with Gasteiger partial charge in [-0.15, -0.1) is 0 Å². The van der Waals surface area contributed by atoms with E-state index in [4.69, 9.17) is 16.3 Å². The van der Waals surface area contributed by atoms with E-state index in [-0.39, 0.29) is 21.8 Å². The number of aryl methyl sites for hydroxylation is 2. The van der Waals surface area contributed by atoms with Gasteiger partial charge in [-0.25, -0.2) is 0 Å². The molecule has 1 N–H and O–H groups in total. The number of nitrogens with one attached hydrogen (secondary N) is 1. The minimum Gasteiger partial charge on any atom is -0.492 e. The van der Waals surface area contributed by atoms with Gasteiger partial charge in [0.1, 0.15) is 10.8 Å². The Balaban J connectivity index is 1.85. The van der Waals surface area contributed by atoms with E-state index in [1.165, 1.54) is 25.0 Å². The van der Waals surface area contributed by atoms with Crippen LogP contribution in [0.3, 0.4) is 0 Å². The number of rotatable bonds is 6. The molecule has 34 heavy (non-hydrogen) atoms. The summed E-state index contributed by atoms with van der Waals surface area (Å²) in [5.74, 6) is 0.352. The van der Waals surface area contributed by atoms with Crippen LogP contribution < -0.4 is 10.3 Å². The number of hydrogen-bond donors (Lipinski definition) is 1. The number of likely N-dealkylation sites (tertiary alicyclic amines) is 1. The van der Waals surface area contributed by atoms with Crippen molar-refractivity contribution in [1.82, 2.24) is 9.88 Å². The van der Waals surface area contributed by atoms with Crippen LogP contribution in [0.4, 0.5) is 5.69 Å². The van der Waals surface area contributed by atoms with Crippen molar-refractivity contribution in [3.8, 4) is 16.9 Å². The monoisotopic (exact) mass is 483 g/mol. The zero-order chi connectivity index (χ0) is 24.6. The average molecular weight is 484 g/mol. The molecule has 2 heterocycles. The van der Waals surface area contributed by atoms with Gasteiger partial charge >= 0.3 is 0 Å². The quantitative estimate of drug-likeness (QED) is 0.342. The molecule has 0 saturated carbocycles. The number of fused-ring (bicyclic) bond motifs is 1. The molecule has 0 radical (unpaired) electrons. The number of aromatic nitrogens is 1. The first-order chi connectivity index (χ1) is 16.1. The fourth-order valence-corrected chi connectivity index (χ4v) is 5.18. The molecule has 1 fully saturated rings. The van der Waals surface area contributed by atoms with Gasteiger partial charge in [0, 0.05) is 17.0 Å². The van der Waals surface area contributed by atoms with Crippen LogP contribution in [0.25, 0.3) is 22.0 Å². The first-order valence-corrected chi connectivity index (χ1v) is 11.9. The van der Waals surface area contributed by atoms with E-state index in [0.29, 0.717) is 34.4 Å². The minimum atomic E-state index is -0.523. The van der Waals surface area contributed by atoms with E-state index < -0.39 is 4.92 Å². The van der Waals surface area contributed by atoms with Gasteiger partial charge in [-0.1, -0.05) is 47.3 Å². The predicted molar refractivity (Wildman–Crippen MR) is 136 cm³/mol. The van der Waals surface area contributed by atoms with Crippen LogP contribution in [-0.2, 0) is 0 Å². The maximum atomic E-state index is 13.3. The molecule has 1 saturated heterocycles. The first-order valence-electron chi connectivity index (χ1n) is 11.6. The van der Waals surface area contributed by atoms with E-state index in [9.17, 15) is 14.9 Å². The lowest BCUT2D eigenvalue weighted by atomic mass is 9.86. The number of benzene rings is 2. The number of piperidine rings is 1. The second-order valence-corrected chi connectivity index (χ2v) is 10.0. The van der Waals surface area contributed by atoms with E-state index in [1.54, 1.807) is 0 Å². The van der Waals surface area contributed by atoms with Crippen molar-refractivity contribution in [2.75, 3.05) is 20.2 Å². The Kier molecular flexibility index (Phi) is 6.69. The van der Waals surface area contributed by atoms with Crippen molar-refractivity contribution in [2.24, 2.45) is 0 Å². The molecule has 3 aromatic rings. The molecule has 0 bridgehead atoms. The highest BCUT2D eigenvalue weighted by Gasteiger charge is 2.32. The van der Waals surface area contributed by atoms with Crippen molar-refractivity contribution in [2.45, 2.75) is 52.0 Å². The normalized spacial score (nSPS) is 18.9. The molecule has 1 aliphatic rings. The number of ether oxygens (including phenoxy) is 1. The number of halogens is 1. The van der Waals surface area contributed by atoms with Crippen molar-refractivity contribution >= 4 is 28.2 Å². The van der Waals surface area contributed by atoms with Gasteiger partial charge < -0.3 is 14.6 Å². The summed E-state index contributed by atoms with van der Waals surface area (Å²) in [7, 11) is 2.13. The van der Waals surface area contributed by atoms with Crippen LogP contribution in [0.5, 0.6) is 5.75 Å². The van der Waals surface area contributed by atoms with E-state index in [2.05, 4.69) is 23.9 Å². The molecule has 1 aliphatic heterocycles. The number of aromatic amines is 1. The number of nitro benzene ring substituents is 1. The zero-order valence-corrected chi connectivity index (χ0v) is 20.8. The van der Waals surface area contributed by atoms with Crippen molar-refractivity contribution in [3.05, 3.63) is 66.9 Å². The average Bonchev–Trinajstić information content (AvgIpc) is 2.74. The van der Waals surface area contributed by atoms with Crippen LogP contribution in [0, 0.1) is 24.0 Å². The summed E-state index contributed by atoms with van der Waals surface area (Å²) in [6, 6.07) is 8.70. The largest absolute Gasteiger partial charge is 0.492 e. The fraction of sp³-hybridized carbons (Fsp3) is 0.423. The third kappa shape index (κ3) is 4.68. The number of nitrogens with zero attached hydrogens (tertiary/aromatic N) is 2. The lowest BCUT2D eigenvalue weighted by Crippen LogP contribution is -2.48. The molecule has 7 nitrogen and oxygen atoms in total. The summed E-state index contributed by atoms with van der Waals surface area (Å²) in [4.78, 5) is 29.5. The molecule has 1 atom stereocenters. The Bertz CT molecular complexity index is 1300. The Morgan fingerprint density at radius 1 is 1.18 bits per heavy atom. The molecule has 180 valence electrons. The second kappa shape index (κ2) is 9.39. The number of nitro groups is 1. The highest BCUT2D eigenvalue weighted by Crippen LogP contribution is 2.39. The Labute approximate surface area is 203 Å². The summed E-state index contributed by atoms with van der Waals surface area (Å²) < 4.78 is 6.34. The predicted octanol–water partition coefficient (Wildman–Crippen LogP) is 6.02. The minimum absolute atomic E-state index is 0.00461. The maximum absolute atomic E-state index is 13.3. The fourth-order valence-electron chi connectivity index (χ4n) is 4.95. The van der Waals surface area contributed by atoms with Crippen LogP contribution >= 0.6 is 11.6 Å². The summed E-state index contributed by atoms with van der Waals surface area (Å²) in [6.07, 6.45) is 4.22. The van der Waals surface area contributed by atoms with Crippen molar-refractivity contribution in [3.63, 3.8) is 0 Å². The maximum Gasteiger partial charge on any atom is 0.288 e. The molecular formula is C26H30ClN3O4. The number of hydrogen-bond acceptors (Lipinski definition) is 5. The van der Waals surface area contributed by atoms with Crippen molar-refractivity contribution < 1.29 is 9.66 Å². The van der Waals surface area contributed by atoms with Gasteiger partial charge in [-0.3, -0.25) is 14.9 Å². The summed E-state index contributed by atoms with van der Waals surface area (Å²) in [5, 5.41) is 12.0. The van der Waals surface area contributed by atoms with Crippen molar-refractivity contribution in [1.29, 1.82) is 0 Å². The van der Waals surface area contributed by atoms with Gasteiger partial charge in [0.05, 0.1) is 22.6 Å². The van der Waals surface area contributed by atoms with E-state index in [1.807, 2.05) is 32.0 Å². The lowest BCUT2D eigenvalue weighted by molar-refractivity contribution is -0.384. The number of pyridine rings is 1. The topological polar surface area (TPSA) is 88.5 Å². The lowest BCUT2D eigenvalue weighted by Gasteiger charge is -2.42. The molecule has 8 heteroatoms. The zero-order valence-electron chi connectivity index (χ0n) is 20.0. The molecule has 2 aromatic carbocycles. The van der Waals surface area contributed by atoms with Gasteiger partial charge in [0.2, 0.25) is 0 Å². The molecule has 0 aliphatic carbocycles. The van der Waals surface area contributed by atoms with Gasteiger partial charge in [-0.05, 0) is 65.3 Å². The van der Waals surface area contributed by atoms with Gasteiger partial charge in [-0.2, -0.15) is 0 Å². The molecule has 0 amide bonds. The molecule has 1 aromatic heterocycles. The van der Waals surface area contributed by atoms with Crippen LogP contribution in [0.2, 0.25) is 5.02 Å². The van der Waals surface area contributed by atoms with Gasteiger partial charge in [0.15, 0.2) is 0 Å². The second-order valence-electron chi connectivity index (χ2n) is 9.62. The molecular weight excluding hydrogens is 454 g/mol. The molecule has 4 rings (SSSR count). The molecule has 0 spiro atoms. The third-order valence-corrected chi connectivity index (χ3v) is 7.31.